The number of Topliss-reactive ketones (excluding diaryl/α,β-unsaturated/α-hetero) is 1. The fourth-order valence-corrected chi connectivity index (χ4v) is 5.49. The molecule has 1 saturated heterocycles. The predicted molar refractivity (Wildman–Crippen MR) is 167 cm³/mol. The van der Waals surface area contributed by atoms with Gasteiger partial charge in [0, 0.05) is 12.6 Å². The molecule has 0 saturated carbocycles. The van der Waals surface area contributed by atoms with Gasteiger partial charge in [-0.25, -0.2) is 4.79 Å². The molecule has 2 aromatic carbocycles. The molecule has 1 aromatic heterocycles. The lowest BCUT2D eigenvalue weighted by Crippen LogP contribution is -2.61. The number of aromatic nitrogens is 2. The van der Waals surface area contributed by atoms with Crippen LogP contribution in [0.25, 0.3) is 0 Å². The summed E-state index contributed by atoms with van der Waals surface area (Å²) in [6.45, 7) is 9.43. The second-order valence-corrected chi connectivity index (χ2v) is 12.3. The largest absolute Gasteiger partial charge is 0.461 e. The van der Waals surface area contributed by atoms with Gasteiger partial charge in [-0.05, 0) is 42.7 Å². The van der Waals surface area contributed by atoms with E-state index in [-0.39, 0.29) is 30.7 Å². The van der Waals surface area contributed by atoms with Crippen LogP contribution in [0, 0.1) is 18.8 Å². The van der Waals surface area contributed by atoms with Crippen LogP contribution in [-0.4, -0.2) is 68.4 Å². The minimum Gasteiger partial charge on any atom is -0.461 e. The maximum Gasteiger partial charge on any atom is 0.327 e. The van der Waals surface area contributed by atoms with Crippen LogP contribution in [-0.2, 0) is 27.4 Å². The summed E-state index contributed by atoms with van der Waals surface area (Å²) < 4.78 is 11.2. The molecule has 4 rings (SSSR count). The minimum atomic E-state index is -1.26. The summed E-state index contributed by atoms with van der Waals surface area (Å²) >= 11 is 0. The van der Waals surface area contributed by atoms with Crippen molar-refractivity contribution >= 4 is 23.7 Å². The van der Waals surface area contributed by atoms with E-state index in [1.807, 2.05) is 61.5 Å². The summed E-state index contributed by atoms with van der Waals surface area (Å²) in [4.78, 5) is 57.3. The van der Waals surface area contributed by atoms with E-state index in [0.29, 0.717) is 25.8 Å². The molecule has 1 aliphatic heterocycles. The zero-order valence-electron chi connectivity index (χ0n) is 26.6. The van der Waals surface area contributed by atoms with Crippen LogP contribution < -0.4 is 5.73 Å². The van der Waals surface area contributed by atoms with E-state index in [4.69, 9.17) is 14.9 Å². The van der Waals surface area contributed by atoms with Gasteiger partial charge in [0.15, 0.2) is 0 Å². The quantitative estimate of drug-likeness (QED) is 0.225. The first-order valence-corrected chi connectivity index (χ1v) is 15.5. The van der Waals surface area contributed by atoms with Crippen molar-refractivity contribution in [3.63, 3.8) is 0 Å². The number of ether oxygens (including phenoxy) is 1. The van der Waals surface area contributed by atoms with Crippen LogP contribution in [0.2, 0.25) is 0 Å². The van der Waals surface area contributed by atoms with E-state index in [2.05, 4.69) is 10.2 Å². The topological polar surface area (TPSA) is 149 Å². The number of aryl methyl sites for hydroxylation is 1. The van der Waals surface area contributed by atoms with Crippen LogP contribution in [0.5, 0.6) is 0 Å². The highest BCUT2D eigenvalue weighted by Crippen LogP contribution is 2.27. The first kappa shape index (κ1) is 33.5. The van der Waals surface area contributed by atoms with Gasteiger partial charge in [-0.15, -0.1) is 10.2 Å². The Morgan fingerprint density at radius 2 is 1.71 bits per heavy atom. The van der Waals surface area contributed by atoms with E-state index in [1.165, 1.54) is 4.90 Å². The van der Waals surface area contributed by atoms with Crippen molar-refractivity contribution in [3.05, 3.63) is 83.1 Å². The minimum absolute atomic E-state index is 0.0386. The van der Waals surface area contributed by atoms with Crippen LogP contribution in [0.4, 0.5) is 4.79 Å². The lowest BCUT2D eigenvalue weighted by atomic mass is 9.95. The van der Waals surface area contributed by atoms with E-state index in [0.717, 1.165) is 21.6 Å². The molecule has 1 aliphatic rings. The van der Waals surface area contributed by atoms with Gasteiger partial charge >= 0.3 is 12.0 Å². The fraction of sp³-hybridized carbons (Fsp3) is 0.471. The summed E-state index contributed by atoms with van der Waals surface area (Å²) in [5, 5.41) is 8.06. The Labute approximate surface area is 264 Å². The Kier molecular flexibility index (Phi) is 11.2. The molecule has 3 aromatic rings. The van der Waals surface area contributed by atoms with Gasteiger partial charge < -0.3 is 19.8 Å². The highest BCUT2D eigenvalue weighted by atomic mass is 16.5. The van der Waals surface area contributed by atoms with E-state index >= 15 is 0 Å². The molecule has 11 heteroatoms. The monoisotopic (exact) mass is 617 g/mol. The Bertz CT molecular complexity index is 1490. The average Bonchev–Trinajstić information content (AvgIpc) is 3.67. The second kappa shape index (κ2) is 15.1. The van der Waals surface area contributed by atoms with Crippen molar-refractivity contribution in [1.82, 2.24) is 20.0 Å². The standard InChI is InChI=1S/C34H43N5O6/c1-21(2)29(35)33(42)39(34(43)38-16-10-15-26(38)19-28(40)44-20-24-12-7-6-8-13-24)30(22(3)4)31(41)32-37-36-27(45-32)18-25-14-9-11-23(5)17-25/h6-9,11-14,17,21-22,26,29-30H,10,15-16,18-20,35H2,1-5H3/t26-,29-,30-/m0/s1. The van der Waals surface area contributed by atoms with Gasteiger partial charge in [0.1, 0.15) is 12.6 Å². The summed E-state index contributed by atoms with van der Waals surface area (Å²) in [6, 6.07) is 13.6. The number of imide groups is 1. The third kappa shape index (κ3) is 8.42. The van der Waals surface area contributed by atoms with E-state index in [1.54, 1.807) is 27.7 Å². The zero-order chi connectivity index (χ0) is 32.7. The van der Waals surface area contributed by atoms with Crippen molar-refractivity contribution in [1.29, 1.82) is 0 Å². The molecule has 3 atom stereocenters. The maximum atomic E-state index is 14.2. The van der Waals surface area contributed by atoms with Crippen molar-refractivity contribution in [2.24, 2.45) is 17.6 Å². The number of hydrogen-bond acceptors (Lipinski definition) is 9. The van der Waals surface area contributed by atoms with Crippen molar-refractivity contribution in [2.75, 3.05) is 6.54 Å². The van der Waals surface area contributed by atoms with E-state index in [9.17, 15) is 19.2 Å². The molecule has 2 heterocycles. The molecule has 2 N–H and O–H groups in total. The van der Waals surface area contributed by atoms with Gasteiger partial charge in [-0.1, -0.05) is 87.9 Å². The first-order chi connectivity index (χ1) is 21.5. The van der Waals surface area contributed by atoms with Crippen molar-refractivity contribution in [3.8, 4) is 0 Å². The number of nitrogens with zero attached hydrogens (tertiary/aromatic N) is 4. The Morgan fingerprint density at radius 3 is 2.38 bits per heavy atom. The molecule has 0 aliphatic carbocycles. The Hall–Kier alpha value is -4.38. The molecular formula is C34H43N5O6. The van der Waals surface area contributed by atoms with Crippen molar-refractivity contribution in [2.45, 2.75) is 85.0 Å². The highest BCUT2D eigenvalue weighted by Gasteiger charge is 2.45. The third-order valence-corrected chi connectivity index (χ3v) is 8.01. The fourth-order valence-electron chi connectivity index (χ4n) is 5.49. The lowest BCUT2D eigenvalue weighted by molar-refractivity contribution is -0.146. The van der Waals surface area contributed by atoms with Crippen LogP contribution in [0.1, 0.15) is 80.2 Å². The molecule has 0 bridgehead atoms. The number of esters is 1. The normalized spacial score (nSPS) is 16.1. The summed E-state index contributed by atoms with van der Waals surface area (Å²) in [6.07, 6.45) is 1.47. The van der Waals surface area contributed by atoms with Crippen LogP contribution in [0.15, 0.2) is 59.0 Å². The number of rotatable bonds is 12. The van der Waals surface area contributed by atoms with Gasteiger partial charge in [-0.3, -0.25) is 19.3 Å². The Morgan fingerprint density at radius 1 is 1.00 bits per heavy atom. The van der Waals surface area contributed by atoms with E-state index < -0.39 is 47.7 Å². The average molecular weight is 618 g/mol. The van der Waals surface area contributed by atoms with Gasteiger partial charge in [0.2, 0.25) is 17.6 Å². The summed E-state index contributed by atoms with van der Waals surface area (Å²) in [5.41, 5.74) is 9.15. The Balaban J connectivity index is 1.57. The van der Waals surface area contributed by atoms with Gasteiger partial charge in [0.25, 0.3) is 5.89 Å². The number of likely N-dealkylation sites (tertiary alicyclic amines) is 1. The predicted octanol–water partition coefficient (Wildman–Crippen LogP) is 4.71. The number of amides is 3. The molecular weight excluding hydrogens is 574 g/mol. The number of ketones is 1. The summed E-state index contributed by atoms with van der Waals surface area (Å²) in [5.74, 6) is -2.65. The SMILES string of the molecule is Cc1cccc(Cc2nnc(C(=O)[C@H](C(C)C)N(C(=O)[C@@H](N)C(C)C)C(=O)N3CCC[C@H]3CC(=O)OCc3ccccc3)o2)c1. The molecule has 45 heavy (non-hydrogen) atoms. The maximum absolute atomic E-state index is 14.2. The molecule has 0 unspecified atom stereocenters. The van der Waals surface area contributed by atoms with Crippen LogP contribution >= 0.6 is 0 Å². The number of hydrogen-bond donors (Lipinski definition) is 1. The van der Waals surface area contributed by atoms with Gasteiger partial charge in [-0.2, -0.15) is 0 Å². The molecule has 0 spiro atoms. The van der Waals surface area contributed by atoms with Gasteiger partial charge in [0.05, 0.1) is 18.9 Å². The molecule has 240 valence electrons. The third-order valence-electron chi connectivity index (χ3n) is 8.01. The lowest BCUT2D eigenvalue weighted by Gasteiger charge is -2.37. The number of urea groups is 1. The van der Waals surface area contributed by atoms with Crippen molar-refractivity contribution < 1.29 is 28.3 Å². The number of benzene rings is 2. The summed E-state index contributed by atoms with van der Waals surface area (Å²) in [7, 11) is 0. The number of carbonyl (C=O) groups is 4. The smallest absolute Gasteiger partial charge is 0.327 e. The number of carbonyl (C=O) groups excluding carboxylic acids is 4. The molecule has 3 amide bonds. The molecule has 0 radical (unpaired) electrons. The number of nitrogens with two attached hydrogens (primary N) is 1. The molecule has 1 fully saturated rings. The second-order valence-electron chi connectivity index (χ2n) is 12.3. The highest BCUT2D eigenvalue weighted by molar-refractivity contribution is 6.06. The molecule has 11 nitrogen and oxygen atoms in total. The zero-order valence-corrected chi connectivity index (χ0v) is 26.6. The first-order valence-electron chi connectivity index (χ1n) is 15.5. The van der Waals surface area contributed by atoms with Crippen LogP contribution in [0.3, 0.4) is 0 Å².